The van der Waals surface area contributed by atoms with Gasteiger partial charge in [0.2, 0.25) is 23.5 Å². The van der Waals surface area contributed by atoms with Gasteiger partial charge in [-0.25, -0.2) is 26.5 Å². The Morgan fingerprint density at radius 1 is 0.722 bits per heavy atom. The lowest BCUT2D eigenvalue weighted by molar-refractivity contribution is -0.139. The molecule has 4 N–H and O–H groups in total. The SMILES string of the molecule is CN[C@@H](C)C(=O)N[C@@H](C(=O)N1CCC[C@H]1c1nc(C(=O)c2cccc(OCCOCCOCCOCCOCC(=O)N3CCN(CC[C@H](CSc4ccccc4)Nc4ccc(S(=O)(=O)NC(=O)c5ccc(N6CCN(CC7=C(c8ccc(Cl)cc8)CCC(C)(C)C7)CC6)cc5)cc4S(=O)(=O)C(F)(F)F)CC3)c2)cs1)C1CCCCC1. The molecule has 0 bridgehead atoms. The maximum absolute atomic E-state index is 14.6. The number of nitrogens with one attached hydrogen (secondary N) is 4. The largest absolute Gasteiger partial charge is 0.501 e. The van der Waals surface area contributed by atoms with Crippen LogP contribution in [0.1, 0.15) is 134 Å². The van der Waals surface area contributed by atoms with Gasteiger partial charge in [0.15, 0.2) is 0 Å². The fourth-order valence-corrected chi connectivity index (χ4v) is 19.2. The van der Waals surface area contributed by atoms with Crippen LogP contribution in [-0.2, 0) is 53.2 Å². The smallest absolute Gasteiger partial charge is 0.491 e. The number of halogens is 4. The summed E-state index contributed by atoms with van der Waals surface area (Å²) in [5, 5.41) is 12.2. The topological polar surface area (TPSA) is 277 Å². The van der Waals surface area contributed by atoms with Crippen LogP contribution in [0.3, 0.4) is 0 Å². The number of sulfonamides is 1. The van der Waals surface area contributed by atoms with E-state index in [0.29, 0.717) is 112 Å². The molecule has 4 atom stereocenters. The Labute approximate surface area is 686 Å². The molecule has 3 saturated heterocycles. The number of amides is 4. The van der Waals surface area contributed by atoms with Gasteiger partial charge in [-0.15, -0.1) is 23.1 Å². The summed E-state index contributed by atoms with van der Waals surface area (Å²) < 4.78 is 129. The summed E-state index contributed by atoms with van der Waals surface area (Å²) in [4.78, 5) is 81.5. The van der Waals surface area contributed by atoms with E-state index in [2.05, 4.69) is 56.6 Å². The molecule has 24 nitrogen and oxygen atoms in total. The number of nitrogens with zero attached hydrogens (tertiary/aromatic N) is 6. The number of sulfone groups is 1. The van der Waals surface area contributed by atoms with Crippen LogP contribution < -0.4 is 30.3 Å². The van der Waals surface area contributed by atoms with Crippen molar-refractivity contribution < 1.29 is 77.7 Å². The quantitative estimate of drug-likeness (QED) is 0.0159. The van der Waals surface area contributed by atoms with E-state index >= 15 is 0 Å². The molecule has 3 aliphatic heterocycles. The molecule has 0 unspecified atom stereocenters. The lowest BCUT2D eigenvalue weighted by atomic mass is 9.73. The van der Waals surface area contributed by atoms with Crippen molar-refractivity contribution >= 4 is 101 Å². The second kappa shape index (κ2) is 41.7. The summed E-state index contributed by atoms with van der Waals surface area (Å²) in [5.41, 5.74) is -0.617. The standard InChI is InChI=1S/C83H106ClF3N10O14S4/c1-58(88-4)78(100)91-76(60-13-7-5-8-14-60)81(102)97-33-12-19-73(97)80-90-72(57-113-80)77(99)62-15-11-16-67(51-62)111-50-49-109-46-45-107-43-44-108-47-48-110-55-75(98)96-41-35-93(36-42-96)34-31-65(56-112-68-17-9-6-10-18-68)89-71-29-28-69(52-74(71)114(103,104)83(85,86)87)115(105,106)92-79(101)61-22-26-66(27-23-61)95-39-37-94(38-40-95)54-63-53-82(2,3)32-30-70(63)59-20-24-64(84)25-21-59/h6,9-11,15-18,20-29,51-52,57-58,60,65,73,76,88-89H,5,7-8,12-14,19,30-50,53-56H2,1-4H3,(H,91,100)(H,92,101)/t58-,65+,73-,76+/m0/s1. The van der Waals surface area contributed by atoms with Gasteiger partial charge in [0.1, 0.15) is 40.6 Å². The Bertz CT molecular complexity index is 4510. The molecule has 0 radical (unpaired) electrons. The van der Waals surface area contributed by atoms with Gasteiger partial charge in [-0.05, 0) is 167 Å². The van der Waals surface area contributed by atoms with Crippen LogP contribution in [0.5, 0.6) is 5.75 Å². The number of allylic oxidation sites excluding steroid dienone is 1. The second-order valence-corrected chi connectivity index (χ2v) is 36.5. The Morgan fingerprint density at radius 3 is 2.07 bits per heavy atom. The van der Waals surface area contributed by atoms with E-state index in [-0.39, 0.29) is 91.8 Å². The average Bonchev–Trinajstić information content (AvgIpc) is 1.43. The second-order valence-electron chi connectivity index (χ2n) is 30.5. The minimum absolute atomic E-state index is 0.0379. The molecule has 1 aromatic heterocycles. The third kappa shape index (κ3) is 24.8. The molecule has 4 fully saturated rings. The van der Waals surface area contributed by atoms with Crippen LogP contribution in [-0.4, -0.2) is 239 Å². The number of hydrogen-bond donors (Lipinski definition) is 4. The molecule has 624 valence electrons. The van der Waals surface area contributed by atoms with Gasteiger partial charge in [0, 0.05) is 116 Å². The monoisotopic (exact) mass is 1690 g/mol. The minimum Gasteiger partial charge on any atom is -0.491 e. The normalized spacial score (nSPS) is 18.3. The lowest BCUT2D eigenvalue weighted by Gasteiger charge is -2.39. The first kappa shape index (κ1) is 88.3. The molecular formula is C83H106ClF3N10O14S4. The zero-order chi connectivity index (χ0) is 81.7. The predicted octanol–water partition coefficient (Wildman–Crippen LogP) is 11.8. The summed E-state index contributed by atoms with van der Waals surface area (Å²) in [6, 6.07) is 30.9. The number of thioether (sulfide) groups is 1. The number of alkyl halides is 3. The van der Waals surface area contributed by atoms with Gasteiger partial charge in [-0.1, -0.05) is 92.7 Å². The first-order valence-corrected chi connectivity index (χ1v) is 44.8. The molecule has 5 aliphatic rings. The number of benzene rings is 5. The maximum atomic E-state index is 14.6. The number of ether oxygens (including phenoxy) is 5. The predicted molar refractivity (Wildman–Crippen MR) is 439 cm³/mol. The van der Waals surface area contributed by atoms with Gasteiger partial charge < -0.3 is 54.3 Å². The highest BCUT2D eigenvalue weighted by atomic mass is 35.5. The van der Waals surface area contributed by atoms with Crippen molar-refractivity contribution in [1.29, 1.82) is 0 Å². The van der Waals surface area contributed by atoms with Crippen LogP contribution in [0.25, 0.3) is 5.57 Å². The number of piperazine rings is 2. The van der Waals surface area contributed by atoms with E-state index < -0.39 is 64.9 Å². The highest BCUT2D eigenvalue weighted by Crippen LogP contribution is 2.44. The van der Waals surface area contributed by atoms with Crippen LogP contribution in [0.4, 0.5) is 24.5 Å². The molecule has 6 aromatic rings. The van der Waals surface area contributed by atoms with Gasteiger partial charge in [0.05, 0.1) is 68.9 Å². The van der Waals surface area contributed by atoms with E-state index in [1.165, 1.54) is 51.9 Å². The number of carbonyl (C=O) groups is 5. The summed E-state index contributed by atoms with van der Waals surface area (Å²) in [7, 11) is -9.39. The number of thiazole rings is 1. The highest BCUT2D eigenvalue weighted by Gasteiger charge is 2.49. The lowest BCUT2D eigenvalue weighted by Crippen LogP contribution is -2.55. The van der Waals surface area contributed by atoms with E-state index in [0.717, 1.165) is 107 Å². The van der Waals surface area contributed by atoms with Crippen molar-refractivity contribution in [2.75, 3.05) is 154 Å². The van der Waals surface area contributed by atoms with E-state index in [1.54, 1.807) is 60.6 Å². The van der Waals surface area contributed by atoms with Crippen molar-refractivity contribution in [3.63, 3.8) is 0 Å². The van der Waals surface area contributed by atoms with E-state index in [1.807, 2.05) is 52.1 Å². The van der Waals surface area contributed by atoms with Crippen molar-refractivity contribution in [3.05, 3.63) is 165 Å². The van der Waals surface area contributed by atoms with Crippen molar-refractivity contribution in [2.24, 2.45) is 11.3 Å². The number of ketones is 1. The first-order chi connectivity index (χ1) is 55.2. The summed E-state index contributed by atoms with van der Waals surface area (Å²) in [6.07, 6.45) is 9.85. The number of hydrogen-bond acceptors (Lipinski definition) is 22. The molecule has 32 heteroatoms. The summed E-state index contributed by atoms with van der Waals surface area (Å²) in [6.45, 7) is 14.8. The third-order valence-electron chi connectivity index (χ3n) is 21.8. The van der Waals surface area contributed by atoms with Crippen molar-refractivity contribution in [2.45, 2.75) is 136 Å². The molecular weight excluding hydrogens is 1580 g/mol. The van der Waals surface area contributed by atoms with Gasteiger partial charge >= 0.3 is 5.51 Å². The minimum atomic E-state index is -6.17. The zero-order valence-corrected chi connectivity index (χ0v) is 69.7. The number of aromatic nitrogens is 1. The molecule has 11 rings (SSSR count). The Balaban J connectivity index is 0.570. The van der Waals surface area contributed by atoms with Crippen LogP contribution >= 0.6 is 34.7 Å². The Morgan fingerprint density at radius 2 is 1.39 bits per heavy atom. The van der Waals surface area contributed by atoms with Gasteiger partial charge in [-0.2, -0.15) is 13.2 Å². The molecule has 4 amide bonds. The summed E-state index contributed by atoms with van der Waals surface area (Å²) >= 11 is 8.99. The molecule has 5 aromatic carbocycles. The number of carbonyl (C=O) groups excluding carboxylic acids is 5. The van der Waals surface area contributed by atoms with Gasteiger partial charge in [0.25, 0.3) is 25.8 Å². The van der Waals surface area contributed by atoms with Crippen molar-refractivity contribution in [3.8, 4) is 5.75 Å². The summed E-state index contributed by atoms with van der Waals surface area (Å²) in [5.74, 6) is -0.995. The number of anilines is 2. The molecule has 2 aliphatic carbocycles. The van der Waals surface area contributed by atoms with E-state index in [4.69, 9.17) is 40.3 Å². The Kier molecular flexibility index (Phi) is 32.0. The van der Waals surface area contributed by atoms with Crippen LogP contribution in [0.15, 0.2) is 147 Å². The first-order valence-electron chi connectivity index (χ1n) is 39.6. The molecule has 0 spiro atoms. The number of rotatable bonds is 39. The molecule has 4 heterocycles. The van der Waals surface area contributed by atoms with Crippen LogP contribution in [0, 0.1) is 11.3 Å². The fraction of sp³-hybridized carbons (Fsp3) is 0.518. The van der Waals surface area contributed by atoms with Gasteiger partial charge in [-0.3, -0.25) is 33.8 Å². The number of likely N-dealkylation sites (tertiary alicyclic amines) is 1. The van der Waals surface area contributed by atoms with Crippen LogP contribution in [0.2, 0.25) is 5.02 Å². The molecule has 115 heavy (non-hydrogen) atoms. The third-order valence-corrected chi connectivity index (χ3v) is 27.1. The van der Waals surface area contributed by atoms with Crippen molar-refractivity contribution in [1.82, 2.24) is 39.9 Å². The van der Waals surface area contributed by atoms with E-state index in [9.17, 15) is 54.0 Å². The molecule has 1 saturated carbocycles. The maximum Gasteiger partial charge on any atom is 0.501 e. The Hall–Kier alpha value is -7.53. The zero-order valence-electron chi connectivity index (χ0n) is 65.7. The number of likely N-dealkylation sites (N-methyl/N-ethyl adjacent to an activating group) is 1. The fourth-order valence-electron chi connectivity index (χ4n) is 15.2. The average molecular weight is 1690 g/mol. The highest BCUT2D eigenvalue weighted by molar-refractivity contribution is 7.99.